The minimum atomic E-state index is 0.704. The van der Waals surface area contributed by atoms with Crippen LogP contribution in [-0.4, -0.2) is 18.2 Å². The molecule has 3 heteroatoms. The molecule has 1 aromatic heterocycles. The second kappa shape index (κ2) is 7.13. The van der Waals surface area contributed by atoms with E-state index >= 15 is 0 Å². The molecule has 3 nitrogen and oxygen atoms in total. The van der Waals surface area contributed by atoms with E-state index in [1.165, 1.54) is 0 Å². The van der Waals surface area contributed by atoms with Crippen molar-refractivity contribution in [1.82, 2.24) is 4.98 Å². The number of pyridine rings is 1. The summed E-state index contributed by atoms with van der Waals surface area (Å²) in [6, 6.07) is 6.16. The normalized spacial score (nSPS) is 10.8. The fraction of sp³-hybridized carbons (Fsp3) is 0.471. The largest absolute Gasteiger partial charge is 0.490 e. The lowest BCUT2D eigenvalue weighted by molar-refractivity contribution is 0.269. The molecule has 0 unspecified atom stereocenters. The molecule has 0 saturated heterocycles. The van der Waals surface area contributed by atoms with Gasteiger partial charge in [0.15, 0.2) is 11.5 Å². The third-order valence-corrected chi connectivity index (χ3v) is 3.17. The average molecular weight is 273 g/mol. The molecule has 0 aliphatic carbocycles. The molecule has 0 bridgehead atoms. The molecule has 0 aliphatic rings. The van der Waals surface area contributed by atoms with Gasteiger partial charge in [-0.05, 0) is 42.8 Å². The van der Waals surface area contributed by atoms with Gasteiger partial charge in [0.05, 0.1) is 13.2 Å². The van der Waals surface area contributed by atoms with Crippen molar-refractivity contribution in [3.05, 3.63) is 30.1 Å². The second-order valence-corrected chi connectivity index (χ2v) is 4.83. The maximum atomic E-state index is 5.84. The second-order valence-electron chi connectivity index (χ2n) is 4.83. The lowest BCUT2D eigenvalue weighted by atomic mass is 10.1. The lowest BCUT2D eigenvalue weighted by Crippen LogP contribution is -2.02. The first-order valence-electron chi connectivity index (χ1n) is 7.47. The topological polar surface area (TPSA) is 31.4 Å². The van der Waals surface area contributed by atoms with Gasteiger partial charge in [0.2, 0.25) is 0 Å². The minimum Gasteiger partial charge on any atom is -0.490 e. The molecule has 0 atom stereocenters. The van der Waals surface area contributed by atoms with Gasteiger partial charge in [-0.15, -0.1) is 0 Å². The number of aromatic nitrogens is 1. The number of hydrogen-bond donors (Lipinski definition) is 0. The predicted molar refractivity (Wildman–Crippen MR) is 82.7 cm³/mol. The summed E-state index contributed by atoms with van der Waals surface area (Å²) in [5.41, 5.74) is 1.10. The van der Waals surface area contributed by atoms with Crippen LogP contribution in [0.5, 0.6) is 11.5 Å². The van der Waals surface area contributed by atoms with Gasteiger partial charge in [0, 0.05) is 17.3 Å². The summed E-state index contributed by atoms with van der Waals surface area (Å²) >= 11 is 0. The lowest BCUT2D eigenvalue weighted by Gasteiger charge is -2.14. The van der Waals surface area contributed by atoms with Gasteiger partial charge in [-0.1, -0.05) is 20.8 Å². The highest BCUT2D eigenvalue weighted by Crippen LogP contribution is 2.34. The van der Waals surface area contributed by atoms with E-state index in [9.17, 15) is 0 Å². The van der Waals surface area contributed by atoms with Crippen LogP contribution >= 0.6 is 0 Å². The molecule has 0 radical (unpaired) electrons. The van der Waals surface area contributed by atoms with Crippen LogP contribution in [0, 0.1) is 0 Å². The van der Waals surface area contributed by atoms with Crippen molar-refractivity contribution in [1.29, 1.82) is 0 Å². The third kappa shape index (κ3) is 3.21. The Hall–Kier alpha value is -1.77. The van der Waals surface area contributed by atoms with Crippen molar-refractivity contribution in [3.63, 3.8) is 0 Å². The fourth-order valence-corrected chi connectivity index (χ4v) is 2.17. The maximum Gasteiger partial charge on any atom is 0.161 e. The van der Waals surface area contributed by atoms with Crippen LogP contribution in [0.4, 0.5) is 0 Å². The maximum absolute atomic E-state index is 5.84. The minimum absolute atomic E-state index is 0.704. The Bertz CT molecular complexity index is 566. The van der Waals surface area contributed by atoms with E-state index in [2.05, 4.69) is 37.9 Å². The molecule has 1 aromatic carbocycles. The summed E-state index contributed by atoms with van der Waals surface area (Å²) in [5.74, 6) is 1.66. The average Bonchev–Trinajstić information content (AvgIpc) is 2.49. The Balaban J connectivity index is 2.46. The monoisotopic (exact) mass is 273 g/mol. The van der Waals surface area contributed by atoms with E-state index < -0.39 is 0 Å². The van der Waals surface area contributed by atoms with Crippen molar-refractivity contribution in [2.24, 2.45) is 0 Å². The zero-order chi connectivity index (χ0) is 14.4. The van der Waals surface area contributed by atoms with Crippen LogP contribution in [0.3, 0.4) is 0 Å². The number of nitrogens with zero attached hydrogens (tertiary/aromatic N) is 1. The molecular formula is C17H23NO2. The molecule has 108 valence electrons. The van der Waals surface area contributed by atoms with E-state index in [0.717, 1.165) is 47.2 Å². The molecule has 0 aliphatic heterocycles. The van der Waals surface area contributed by atoms with Gasteiger partial charge in [-0.3, -0.25) is 4.98 Å². The molecule has 0 fully saturated rings. The predicted octanol–water partition coefficient (Wildman–Crippen LogP) is 4.37. The number of rotatable bonds is 7. The summed E-state index contributed by atoms with van der Waals surface area (Å²) in [4.78, 5) is 4.44. The highest BCUT2D eigenvalue weighted by Gasteiger charge is 2.10. The number of aryl methyl sites for hydroxylation is 1. The number of benzene rings is 1. The van der Waals surface area contributed by atoms with Gasteiger partial charge in [0.1, 0.15) is 0 Å². The first-order chi connectivity index (χ1) is 9.80. The first kappa shape index (κ1) is 14.6. The Labute approximate surface area is 120 Å². The smallest absolute Gasteiger partial charge is 0.161 e. The quantitative estimate of drug-likeness (QED) is 0.750. The molecule has 2 aromatic rings. The summed E-state index contributed by atoms with van der Waals surface area (Å²) < 4.78 is 11.7. The van der Waals surface area contributed by atoms with Crippen LogP contribution in [0.15, 0.2) is 24.4 Å². The zero-order valence-electron chi connectivity index (χ0n) is 12.6. The highest BCUT2D eigenvalue weighted by molar-refractivity contribution is 5.87. The summed E-state index contributed by atoms with van der Waals surface area (Å²) in [6.07, 6.45) is 4.75. The van der Waals surface area contributed by atoms with Crippen LogP contribution in [-0.2, 0) is 6.42 Å². The van der Waals surface area contributed by atoms with Gasteiger partial charge in [-0.25, -0.2) is 0 Å². The standard InChI is InChI=1S/C17H23NO2/c1-4-9-19-16-11-13-7-8-18-15(6-3)14(13)12-17(16)20-10-5-2/h7-8,11-12H,4-6,9-10H2,1-3H3. The third-order valence-electron chi connectivity index (χ3n) is 3.17. The molecule has 0 amide bonds. The Morgan fingerprint density at radius 2 is 1.60 bits per heavy atom. The zero-order valence-corrected chi connectivity index (χ0v) is 12.6. The molecule has 2 rings (SSSR count). The number of hydrogen-bond acceptors (Lipinski definition) is 3. The highest BCUT2D eigenvalue weighted by atomic mass is 16.5. The van der Waals surface area contributed by atoms with Crippen LogP contribution in [0.25, 0.3) is 10.8 Å². The number of ether oxygens (including phenoxy) is 2. The fourth-order valence-electron chi connectivity index (χ4n) is 2.17. The molecule has 0 spiro atoms. The van der Waals surface area contributed by atoms with Gasteiger partial charge in [-0.2, -0.15) is 0 Å². The van der Waals surface area contributed by atoms with Crippen LogP contribution in [0.2, 0.25) is 0 Å². The molecule has 20 heavy (non-hydrogen) atoms. The van der Waals surface area contributed by atoms with E-state index in [-0.39, 0.29) is 0 Å². The van der Waals surface area contributed by atoms with Crippen LogP contribution < -0.4 is 9.47 Å². The SMILES string of the molecule is CCCOc1cc2ccnc(CC)c2cc1OCCC. The first-order valence-corrected chi connectivity index (χ1v) is 7.47. The van der Waals surface area contributed by atoms with E-state index in [1.807, 2.05) is 12.3 Å². The van der Waals surface area contributed by atoms with Gasteiger partial charge < -0.3 is 9.47 Å². The Morgan fingerprint density at radius 1 is 0.950 bits per heavy atom. The van der Waals surface area contributed by atoms with Crippen LogP contribution in [0.1, 0.15) is 39.3 Å². The number of fused-ring (bicyclic) bond motifs is 1. The van der Waals surface area contributed by atoms with Gasteiger partial charge in [0.25, 0.3) is 0 Å². The molecular weight excluding hydrogens is 250 g/mol. The molecule has 0 N–H and O–H groups in total. The summed E-state index contributed by atoms with van der Waals surface area (Å²) in [7, 11) is 0. The molecule has 1 heterocycles. The van der Waals surface area contributed by atoms with E-state index in [4.69, 9.17) is 9.47 Å². The van der Waals surface area contributed by atoms with Crippen molar-refractivity contribution < 1.29 is 9.47 Å². The van der Waals surface area contributed by atoms with E-state index in [0.29, 0.717) is 13.2 Å². The van der Waals surface area contributed by atoms with E-state index in [1.54, 1.807) is 0 Å². The van der Waals surface area contributed by atoms with Crippen molar-refractivity contribution in [3.8, 4) is 11.5 Å². The van der Waals surface area contributed by atoms with Crippen molar-refractivity contribution >= 4 is 10.8 Å². The summed E-state index contributed by atoms with van der Waals surface area (Å²) in [6.45, 7) is 7.74. The van der Waals surface area contributed by atoms with Crippen molar-refractivity contribution in [2.75, 3.05) is 13.2 Å². The van der Waals surface area contributed by atoms with Crippen molar-refractivity contribution in [2.45, 2.75) is 40.0 Å². The summed E-state index contributed by atoms with van der Waals surface area (Å²) in [5, 5.41) is 2.32. The Morgan fingerprint density at radius 3 is 2.20 bits per heavy atom. The Kier molecular flexibility index (Phi) is 5.22. The van der Waals surface area contributed by atoms with Gasteiger partial charge >= 0.3 is 0 Å². The molecule has 0 saturated carbocycles.